The van der Waals surface area contributed by atoms with Crippen molar-refractivity contribution in [2.75, 3.05) is 13.6 Å². The Morgan fingerprint density at radius 1 is 1.38 bits per heavy atom. The second kappa shape index (κ2) is 7.44. The Morgan fingerprint density at radius 3 is 2.71 bits per heavy atom. The van der Waals surface area contributed by atoms with Gasteiger partial charge in [0, 0.05) is 7.05 Å². The van der Waals surface area contributed by atoms with Gasteiger partial charge in [-0.1, -0.05) is 5.92 Å². The van der Waals surface area contributed by atoms with Crippen LogP contribution in [0.5, 0.6) is 0 Å². The highest BCUT2D eigenvalue weighted by atomic mass is 16.3. The summed E-state index contributed by atoms with van der Waals surface area (Å²) >= 11 is 0. The Bertz CT molecular complexity index is 899. The summed E-state index contributed by atoms with van der Waals surface area (Å²) in [7, 11) is 3.21. The SMILES string of the molecule is CC#CCn1c(C(O)C(O)CCNC)nc2c1c(=O)[nH]c(=O)n2C. The molecule has 2 unspecified atom stereocenters. The Balaban J connectivity index is 2.65. The maximum Gasteiger partial charge on any atom is 0.329 e. The lowest BCUT2D eigenvalue weighted by atomic mass is 10.1. The van der Waals surface area contributed by atoms with Gasteiger partial charge in [0.2, 0.25) is 0 Å². The Hall–Kier alpha value is -2.41. The molecule has 2 heterocycles. The minimum Gasteiger partial charge on any atom is -0.390 e. The van der Waals surface area contributed by atoms with E-state index in [-0.39, 0.29) is 23.5 Å². The van der Waals surface area contributed by atoms with Crippen molar-refractivity contribution in [2.24, 2.45) is 7.05 Å². The lowest BCUT2D eigenvalue weighted by Gasteiger charge is -2.17. The van der Waals surface area contributed by atoms with Crippen LogP contribution in [0.1, 0.15) is 25.3 Å². The maximum atomic E-state index is 12.2. The minimum atomic E-state index is -1.31. The van der Waals surface area contributed by atoms with Crippen LogP contribution in [0.3, 0.4) is 0 Å². The number of aromatic amines is 1. The van der Waals surface area contributed by atoms with Crippen LogP contribution in [-0.2, 0) is 13.6 Å². The van der Waals surface area contributed by atoms with E-state index in [0.29, 0.717) is 13.0 Å². The molecule has 0 aromatic carbocycles. The van der Waals surface area contributed by atoms with Gasteiger partial charge in [-0.2, -0.15) is 0 Å². The van der Waals surface area contributed by atoms with E-state index in [1.54, 1.807) is 14.0 Å². The summed E-state index contributed by atoms with van der Waals surface area (Å²) < 4.78 is 2.61. The van der Waals surface area contributed by atoms with Crippen LogP contribution < -0.4 is 16.6 Å². The summed E-state index contributed by atoms with van der Waals surface area (Å²) in [5.74, 6) is 5.62. The number of H-pyrrole nitrogens is 1. The zero-order chi connectivity index (χ0) is 17.9. The fraction of sp³-hybridized carbons (Fsp3) is 0.533. The number of fused-ring (bicyclic) bond motifs is 1. The number of nitrogens with zero attached hydrogens (tertiary/aromatic N) is 3. The summed E-state index contributed by atoms with van der Waals surface area (Å²) in [5, 5.41) is 23.5. The molecule has 0 saturated carbocycles. The molecule has 0 aliphatic heterocycles. The molecule has 0 saturated heterocycles. The fourth-order valence-electron chi connectivity index (χ4n) is 2.42. The van der Waals surface area contributed by atoms with Crippen LogP contribution in [0.15, 0.2) is 9.59 Å². The smallest absolute Gasteiger partial charge is 0.329 e. The second-order valence-electron chi connectivity index (χ2n) is 5.38. The van der Waals surface area contributed by atoms with Gasteiger partial charge in [-0.25, -0.2) is 9.78 Å². The van der Waals surface area contributed by atoms with Crippen LogP contribution in [-0.4, -0.2) is 49.0 Å². The number of hydrogen-bond acceptors (Lipinski definition) is 6. The summed E-state index contributed by atoms with van der Waals surface area (Å²) in [4.78, 5) is 30.4. The average molecular weight is 335 g/mol. The van der Waals surface area contributed by atoms with Gasteiger partial charge >= 0.3 is 5.69 Å². The van der Waals surface area contributed by atoms with Crippen molar-refractivity contribution < 1.29 is 10.2 Å². The molecule has 0 spiro atoms. The Kier molecular flexibility index (Phi) is 5.56. The normalized spacial score (nSPS) is 13.5. The lowest BCUT2D eigenvalue weighted by molar-refractivity contribution is 0.00732. The molecule has 0 bridgehead atoms. The van der Waals surface area contributed by atoms with Crippen molar-refractivity contribution in [3.05, 3.63) is 26.7 Å². The zero-order valence-electron chi connectivity index (χ0n) is 13.8. The van der Waals surface area contributed by atoms with Gasteiger partial charge in [0.05, 0.1) is 12.6 Å². The summed E-state index contributed by atoms with van der Waals surface area (Å²) in [6.07, 6.45) is -2.08. The number of rotatable bonds is 6. The van der Waals surface area contributed by atoms with Crippen molar-refractivity contribution in [3.63, 3.8) is 0 Å². The van der Waals surface area contributed by atoms with E-state index in [0.717, 1.165) is 0 Å². The number of aliphatic hydroxyl groups excluding tert-OH is 2. The molecule has 0 aliphatic carbocycles. The second-order valence-corrected chi connectivity index (χ2v) is 5.38. The largest absolute Gasteiger partial charge is 0.390 e. The highest BCUT2D eigenvalue weighted by Gasteiger charge is 2.26. The predicted octanol–water partition coefficient (Wildman–Crippen LogP) is -1.55. The molecule has 9 nitrogen and oxygen atoms in total. The molecule has 0 amide bonds. The van der Waals surface area contributed by atoms with Crippen molar-refractivity contribution in [1.82, 2.24) is 24.4 Å². The topological polar surface area (TPSA) is 125 Å². The van der Waals surface area contributed by atoms with Crippen molar-refractivity contribution in [3.8, 4) is 11.8 Å². The van der Waals surface area contributed by atoms with Crippen LogP contribution in [0, 0.1) is 11.8 Å². The highest BCUT2D eigenvalue weighted by Crippen LogP contribution is 2.21. The maximum absolute atomic E-state index is 12.2. The standard InChI is InChI=1S/C15H21N5O4/c1-4-5-8-20-10-12(19(3)15(24)18-14(10)23)17-13(20)11(22)9(21)6-7-16-2/h9,11,16,21-22H,6-8H2,1-3H3,(H,18,23,24). The van der Waals surface area contributed by atoms with Gasteiger partial charge < -0.3 is 20.1 Å². The number of hydrogen-bond donors (Lipinski definition) is 4. The molecular formula is C15H21N5O4. The number of aromatic nitrogens is 4. The molecule has 2 aromatic rings. The first-order chi connectivity index (χ1) is 11.4. The van der Waals surface area contributed by atoms with E-state index >= 15 is 0 Å². The minimum absolute atomic E-state index is 0.100. The van der Waals surface area contributed by atoms with Crippen LogP contribution in [0.25, 0.3) is 11.2 Å². The quantitative estimate of drug-likeness (QED) is 0.474. The first-order valence-corrected chi connectivity index (χ1v) is 7.52. The van der Waals surface area contributed by atoms with Crippen molar-refractivity contribution in [2.45, 2.75) is 32.1 Å². The molecule has 24 heavy (non-hydrogen) atoms. The number of imidazole rings is 1. The number of aliphatic hydroxyl groups is 2. The molecule has 0 fully saturated rings. The molecule has 9 heteroatoms. The van der Waals surface area contributed by atoms with E-state index < -0.39 is 23.5 Å². The average Bonchev–Trinajstić information content (AvgIpc) is 2.95. The van der Waals surface area contributed by atoms with Gasteiger partial charge in [0.15, 0.2) is 11.2 Å². The third-order valence-electron chi connectivity index (χ3n) is 3.77. The molecule has 130 valence electrons. The number of aryl methyl sites for hydroxylation is 1. The molecular weight excluding hydrogens is 314 g/mol. The molecule has 0 aliphatic rings. The van der Waals surface area contributed by atoms with E-state index in [1.165, 1.54) is 16.2 Å². The highest BCUT2D eigenvalue weighted by molar-refractivity contribution is 5.71. The fourth-order valence-corrected chi connectivity index (χ4v) is 2.42. The van der Waals surface area contributed by atoms with Gasteiger partial charge in [-0.15, -0.1) is 5.92 Å². The summed E-state index contributed by atoms with van der Waals surface area (Å²) in [5.41, 5.74) is -0.941. The van der Waals surface area contributed by atoms with E-state index in [9.17, 15) is 19.8 Å². The Labute approximate surface area is 138 Å². The van der Waals surface area contributed by atoms with Crippen LogP contribution >= 0.6 is 0 Å². The predicted molar refractivity (Wildman–Crippen MR) is 88.6 cm³/mol. The first-order valence-electron chi connectivity index (χ1n) is 7.52. The van der Waals surface area contributed by atoms with Crippen molar-refractivity contribution in [1.29, 1.82) is 0 Å². The summed E-state index contributed by atoms with van der Waals surface area (Å²) in [6, 6.07) is 0. The number of nitrogens with one attached hydrogen (secondary N) is 2. The van der Waals surface area contributed by atoms with Gasteiger partial charge in [-0.3, -0.25) is 14.3 Å². The third-order valence-corrected chi connectivity index (χ3v) is 3.77. The third kappa shape index (κ3) is 3.26. The summed E-state index contributed by atoms with van der Waals surface area (Å²) in [6.45, 7) is 2.27. The lowest BCUT2D eigenvalue weighted by Crippen LogP contribution is -2.29. The van der Waals surface area contributed by atoms with E-state index in [4.69, 9.17) is 0 Å². The van der Waals surface area contributed by atoms with Gasteiger partial charge in [0.25, 0.3) is 5.56 Å². The van der Waals surface area contributed by atoms with E-state index in [1.807, 2.05) is 0 Å². The van der Waals surface area contributed by atoms with Crippen molar-refractivity contribution >= 4 is 11.2 Å². The zero-order valence-corrected chi connectivity index (χ0v) is 13.8. The van der Waals surface area contributed by atoms with Gasteiger partial charge in [-0.05, 0) is 26.9 Å². The molecule has 0 radical (unpaired) electrons. The van der Waals surface area contributed by atoms with Crippen LogP contribution in [0.4, 0.5) is 0 Å². The van der Waals surface area contributed by atoms with Crippen LogP contribution in [0.2, 0.25) is 0 Å². The molecule has 2 aromatic heterocycles. The van der Waals surface area contributed by atoms with Gasteiger partial charge in [0.1, 0.15) is 11.9 Å². The first kappa shape index (κ1) is 17.9. The monoisotopic (exact) mass is 335 g/mol. The molecule has 4 N–H and O–H groups in total. The molecule has 2 atom stereocenters. The molecule has 2 rings (SSSR count). The Morgan fingerprint density at radius 2 is 2.08 bits per heavy atom. The van der Waals surface area contributed by atoms with E-state index in [2.05, 4.69) is 27.1 Å².